The number of carbonyl (C=O) groups excluding carboxylic acids is 3. The molecule has 3 saturated heterocycles. The Morgan fingerprint density at radius 1 is 1.08 bits per heavy atom. The highest BCUT2D eigenvalue weighted by atomic mass is 35.5. The number of hydrogen-bond acceptors (Lipinski definition) is 7. The van der Waals surface area contributed by atoms with E-state index in [1.807, 2.05) is 0 Å². The molecule has 3 unspecified atom stereocenters. The molecule has 2 aromatic heterocycles. The van der Waals surface area contributed by atoms with E-state index in [2.05, 4.69) is 26.0 Å². The van der Waals surface area contributed by atoms with Gasteiger partial charge < -0.3 is 35.4 Å². The minimum atomic E-state index is -4.95. The van der Waals surface area contributed by atoms with Gasteiger partial charge in [-0.1, -0.05) is 11.6 Å². The lowest BCUT2D eigenvalue weighted by atomic mass is 10.0. The van der Waals surface area contributed by atoms with Crippen LogP contribution in [0.3, 0.4) is 0 Å². The number of amides is 4. The minimum absolute atomic E-state index is 0.0595. The second-order valence-electron chi connectivity index (χ2n) is 12.9. The van der Waals surface area contributed by atoms with Crippen LogP contribution >= 0.6 is 11.6 Å². The zero-order valence-corrected chi connectivity index (χ0v) is 26.6. The second-order valence-corrected chi connectivity index (χ2v) is 13.3. The lowest BCUT2D eigenvalue weighted by molar-refractivity contribution is -0.141. The lowest BCUT2D eigenvalue weighted by Crippen LogP contribution is -2.49. The van der Waals surface area contributed by atoms with E-state index in [-0.39, 0.29) is 57.6 Å². The van der Waals surface area contributed by atoms with E-state index >= 15 is 0 Å². The molecule has 7 rings (SSSR count). The third-order valence-corrected chi connectivity index (χ3v) is 9.90. The Morgan fingerprint density at radius 2 is 1.76 bits per heavy atom. The standard InChI is InChI=1S/C30H31ClF5N9O4/c1-42-21(18-13-45(23-5-29(23,32)33)41-24(18)30(34,35)36)7-38-25(42)26(47)39-16-2-3-17(19(31)4-16)27(48)43-9-14-11-44(12-15(14)10-43)28(49)40-20-6-37-8-22(20)46/h2-4,7,13-15,20,22-23,37,46H,5-6,8-12H2,1H3,(H,39,47)(H,40,49)/t14-,15+,20?,22?,23?. The van der Waals surface area contributed by atoms with Gasteiger partial charge in [-0.3, -0.25) is 14.3 Å². The predicted molar refractivity (Wildman–Crippen MR) is 163 cm³/mol. The number of imidazole rings is 1. The number of β-amino-alcohol motifs (C(OH)–C–C–N with tert-alkyl or cyclic N) is 1. The van der Waals surface area contributed by atoms with Crippen LogP contribution in [0.5, 0.6) is 0 Å². The summed E-state index contributed by atoms with van der Waals surface area (Å²) >= 11 is 6.46. The summed E-state index contributed by atoms with van der Waals surface area (Å²) in [7, 11) is 1.31. The fraction of sp³-hybridized carbons (Fsp3) is 0.500. The van der Waals surface area contributed by atoms with Crippen LogP contribution in [-0.2, 0) is 13.2 Å². The van der Waals surface area contributed by atoms with Crippen molar-refractivity contribution in [2.45, 2.75) is 36.7 Å². The molecule has 4 amide bonds. The predicted octanol–water partition coefficient (Wildman–Crippen LogP) is 2.83. The Labute approximate surface area is 280 Å². The van der Waals surface area contributed by atoms with Gasteiger partial charge in [0.1, 0.15) is 6.04 Å². The van der Waals surface area contributed by atoms with Gasteiger partial charge in [0.15, 0.2) is 11.5 Å². The van der Waals surface area contributed by atoms with E-state index in [9.17, 15) is 41.4 Å². The number of hydrogen-bond donors (Lipinski definition) is 4. The highest BCUT2D eigenvalue weighted by Gasteiger charge is 2.59. The third kappa shape index (κ3) is 6.20. The van der Waals surface area contributed by atoms with Crippen LogP contribution < -0.4 is 16.0 Å². The van der Waals surface area contributed by atoms with Crippen molar-refractivity contribution in [1.82, 2.24) is 39.8 Å². The number of rotatable bonds is 6. The highest BCUT2D eigenvalue weighted by molar-refractivity contribution is 6.34. The molecule has 0 radical (unpaired) electrons. The Hall–Kier alpha value is -4.29. The van der Waals surface area contributed by atoms with E-state index in [1.54, 1.807) is 9.80 Å². The quantitative estimate of drug-likeness (QED) is 0.288. The molecule has 4 fully saturated rings. The Bertz CT molecular complexity index is 1820. The van der Waals surface area contributed by atoms with Crippen LogP contribution in [0.15, 0.2) is 30.6 Å². The third-order valence-electron chi connectivity index (χ3n) is 9.59. The number of carbonyl (C=O) groups is 3. The highest BCUT2D eigenvalue weighted by Crippen LogP contribution is 2.53. The van der Waals surface area contributed by atoms with Crippen LogP contribution in [0, 0.1) is 11.8 Å². The molecular weight excluding hydrogens is 681 g/mol. The van der Waals surface area contributed by atoms with Crippen molar-refractivity contribution < 1.29 is 41.4 Å². The number of nitrogens with zero attached hydrogens (tertiary/aromatic N) is 6. The van der Waals surface area contributed by atoms with E-state index in [0.717, 1.165) is 17.0 Å². The molecule has 1 aliphatic carbocycles. The summed E-state index contributed by atoms with van der Waals surface area (Å²) in [5.74, 6) is -4.37. The molecule has 5 heterocycles. The molecule has 0 bridgehead atoms. The first-order chi connectivity index (χ1) is 23.1. The molecule has 49 heavy (non-hydrogen) atoms. The van der Waals surface area contributed by atoms with Crippen molar-refractivity contribution in [2.75, 3.05) is 44.6 Å². The lowest BCUT2D eigenvalue weighted by Gasteiger charge is -2.24. The summed E-state index contributed by atoms with van der Waals surface area (Å²) < 4.78 is 70.2. The molecule has 4 N–H and O–H groups in total. The first kappa shape index (κ1) is 33.2. The van der Waals surface area contributed by atoms with Crippen molar-refractivity contribution in [3.05, 3.63) is 52.7 Å². The average molecular weight is 712 g/mol. The van der Waals surface area contributed by atoms with E-state index < -0.39 is 47.8 Å². The molecule has 5 atom stereocenters. The summed E-state index contributed by atoms with van der Waals surface area (Å²) in [5.41, 5.74) is -1.64. The molecule has 0 spiro atoms. The number of benzene rings is 1. The number of fused-ring (bicyclic) bond motifs is 1. The zero-order chi connectivity index (χ0) is 35.0. The fourth-order valence-electron chi connectivity index (χ4n) is 6.82. The number of anilines is 1. The fourth-order valence-corrected chi connectivity index (χ4v) is 7.08. The smallest absolute Gasteiger partial charge is 0.390 e. The Balaban J connectivity index is 0.987. The largest absolute Gasteiger partial charge is 0.435 e. The molecule has 262 valence electrons. The summed E-state index contributed by atoms with van der Waals surface area (Å²) in [5, 5.41) is 21.9. The van der Waals surface area contributed by atoms with Gasteiger partial charge in [0.25, 0.3) is 17.7 Å². The number of aliphatic hydroxyl groups excluding tert-OH is 1. The Morgan fingerprint density at radius 3 is 2.35 bits per heavy atom. The SMILES string of the molecule is Cn1c(-c2cn(C3CC3(F)F)nc2C(F)(F)F)cnc1C(=O)Nc1ccc(C(=O)N2C[C@H]3CN(C(=O)NC4CNCC4O)C[C@H]3C2)c(Cl)c1. The van der Waals surface area contributed by atoms with Crippen LogP contribution in [0.4, 0.5) is 32.4 Å². The Kier molecular flexibility index (Phi) is 8.10. The van der Waals surface area contributed by atoms with Crippen LogP contribution in [0.1, 0.15) is 39.1 Å². The number of halogens is 6. The second kappa shape index (κ2) is 11.9. The van der Waals surface area contributed by atoms with Gasteiger partial charge >= 0.3 is 12.2 Å². The molecule has 4 aliphatic rings. The van der Waals surface area contributed by atoms with Gasteiger partial charge in [-0.15, -0.1) is 0 Å². The van der Waals surface area contributed by atoms with Gasteiger partial charge in [-0.25, -0.2) is 18.6 Å². The summed E-state index contributed by atoms with van der Waals surface area (Å²) in [6.45, 7) is 2.72. The van der Waals surface area contributed by atoms with Crippen LogP contribution in [-0.4, -0.2) is 109 Å². The maximum Gasteiger partial charge on any atom is 0.435 e. The van der Waals surface area contributed by atoms with Gasteiger partial charge in [-0.05, 0) is 18.2 Å². The van der Waals surface area contributed by atoms with E-state index in [0.29, 0.717) is 44.0 Å². The van der Waals surface area contributed by atoms with Crippen molar-refractivity contribution >= 4 is 35.1 Å². The van der Waals surface area contributed by atoms with E-state index in [4.69, 9.17) is 11.6 Å². The van der Waals surface area contributed by atoms with Gasteiger partial charge in [0.05, 0.1) is 40.2 Å². The number of urea groups is 1. The van der Waals surface area contributed by atoms with E-state index in [1.165, 1.54) is 25.2 Å². The molecular formula is C30H31ClF5N9O4. The van der Waals surface area contributed by atoms with Gasteiger partial charge in [0.2, 0.25) is 0 Å². The van der Waals surface area contributed by atoms with Crippen molar-refractivity contribution in [2.24, 2.45) is 18.9 Å². The van der Waals surface area contributed by atoms with Crippen molar-refractivity contribution in [3.8, 4) is 11.3 Å². The maximum absolute atomic E-state index is 13.8. The number of aliphatic hydroxyl groups is 1. The zero-order valence-electron chi connectivity index (χ0n) is 25.8. The topological polar surface area (TPSA) is 150 Å². The molecule has 1 saturated carbocycles. The molecule has 3 aliphatic heterocycles. The molecule has 19 heteroatoms. The van der Waals surface area contributed by atoms with Crippen molar-refractivity contribution in [3.63, 3.8) is 0 Å². The van der Waals surface area contributed by atoms with Crippen LogP contribution in [0.25, 0.3) is 11.3 Å². The summed E-state index contributed by atoms with van der Waals surface area (Å²) in [6, 6.07) is 2.20. The monoisotopic (exact) mass is 711 g/mol. The first-order valence-corrected chi connectivity index (χ1v) is 15.9. The van der Waals surface area contributed by atoms with Gasteiger partial charge in [-0.2, -0.15) is 18.3 Å². The number of aromatic nitrogens is 4. The average Bonchev–Trinajstić information content (AvgIpc) is 3.67. The van der Waals surface area contributed by atoms with Crippen LogP contribution in [0.2, 0.25) is 5.02 Å². The molecule has 3 aromatic rings. The minimum Gasteiger partial charge on any atom is -0.390 e. The summed E-state index contributed by atoms with van der Waals surface area (Å²) in [4.78, 5) is 46.5. The summed E-state index contributed by atoms with van der Waals surface area (Å²) in [6.07, 6.45) is -4.31. The molecule has 13 nitrogen and oxygen atoms in total. The number of nitrogens with one attached hydrogen (secondary N) is 3. The number of likely N-dealkylation sites (tertiary alicyclic amines) is 2. The van der Waals surface area contributed by atoms with Crippen molar-refractivity contribution in [1.29, 1.82) is 0 Å². The van der Waals surface area contributed by atoms with Gasteiger partial charge in [0, 0.05) is 76.5 Å². The maximum atomic E-state index is 13.8. The first-order valence-electron chi connectivity index (χ1n) is 15.5. The number of alkyl halides is 5. The molecule has 1 aromatic carbocycles. The normalized spacial score (nSPS) is 25.8.